The van der Waals surface area contributed by atoms with Gasteiger partial charge in [0.1, 0.15) is 0 Å². The van der Waals surface area contributed by atoms with Gasteiger partial charge in [0.2, 0.25) is 5.91 Å². The topological polar surface area (TPSA) is 64.0 Å². The fraction of sp³-hybridized carbons (Fsp3) is 0.348. The smallest absolute Gasteiger partial charge is 0.266 e. The molecule has 1 atom stereocenters. The highest BCUT2D eigenvalue weighted by atomic mass is 35.5. The standard InChI is InChI=1S/C23H25Cl2N3O2S/c1-3-15(2)26-21(29)10-6-7-13-31-23-27-20-9-5-4-8-17(20)22(30)28(23)16-11-12-18(24)19(25)14-16/h4-5,8-9,11-12,14-15H,3,6-7,10,13H2,1-2H3,(H,26,29). The minimum Gasteiger partial charge on any atom is -0.354 e. The van der Waals surface area contributed by atoms with Crippen molar-refractivity contribution in [3.63, 3.8) is 0 Å². The normalized spacial score (nSPS) is 12.1. The van der Waals surface area contributed by atoms with Crippen molar-refractivity contribution in [1.29, 1.82) is 0 Å². The molecule has 1 unspecified atom stereocenters. The first-order chi connectivity index (χ1) is 14.9. The maximum atomic E-state index is 13.2. The van der Waals surface area contributed by atoms with Gasteiger partial charge in [-0.25, -0.2) is 4.98 Å². The Labute approximate surface area is 196 Å². The summed E-state index contributed by atoms with van der Waals surface area (Å²) in [5, 5.41) is 4.91. The quantitative estimate of drug-likeness (QED) is 0.237. The lowest BCUT2D eigenvalue weighted by atomic mass is 10.2. The SMILES string of the molecule is CCC(C)NC(=O)CCCCSc1nc2ccccc2c(=O)n1-c1ccc(Cl)c(Cl)c1. The molecule has 1 amide bonds. The van der Waals surface area contributed by atoms with E-state index in [-0.39, 0.29) is 17.5 Å². The van der Waals surface area contributed by atoms with Gasteiger partial charge in [-0.2, -0.15) is 0 Å². The Kier molecular flexibility index (Phi) is 8.41. The van der Waals surface area contributed by atoms with Crippen molar-refractivity contribution in [2.45, 2.75) is 50.7 Å². The molecule has 8 heteroatoms. The second-order valence-electron chi connectivity index (χ2n) is 7.33. The van der Waals surface area contributed by atoms with E-state index in [0.717, 1.165) is 25.0 Å². The summed E-state index contributed by atoms with van der Waals surface area (Å²) in [6, 6.07) is 12.6. The van der Waals surface area contributed by atoms with Crippen LogP contribution in [0.1, 0.15) is 39.5 Å². The zero-order chi connectivity index (χ0) is 22.4. The molecular weight excluding hydrogens is 453 g/mol. The third-order valence-electron chi connectivity index (χ3n) is 4.96. The van der Waals surface area contributed by atoms with Crippen LogP contribution in [0.2, 0.25) is 10.0 Å². The van der Waals surface area contributed by atoms with Crippen molar-refractivity contribution >= 4 is 51.8 Å². The van der Waals surface area contributed by atoms with Gasteiger partial charge in [0.25, 0.3) is 5.56 Å². The second-order valence-corrected chi connectivity index (χ2v) is 9.21. The highest BCUT2D eigenvalue weighted by molar-refractivity contribution is 7.99. The molecule has 0 aliphatic rings. The van der Waals surface area contributed by atoms with Gasteiger partial charge >= 0.3 is 0 Å². The Morgan fingerprint density at radius 3 is 2.68 bits per heavy atom. The van der Waals surface area contributed by atoms with Crippen LogP contribution >= 0.6 is 35.0 Å². The number of benzene rings is 2. The lowest BCUT2D eigenvalue weighted by Gasteiger charge is -2.14. The summed E-state index contributed by atoms with van der Waals surface area (Å²) < 4.78 is 1.57. The molecule has 3 rings (SSSR count). The number of amides is 1. The second kappa shape index (κ2) is 11.0. The fourth-order valence-electron chi connectivity index (χ4n) is 3.06. The summed E-state index contributed by atoms with van der Waals surface area (Å²) in [6.07, 6.45) is 3.03. The van der Waals surface area contributed by atoms with Crippen LogP contribution in [0.4, 0.5) is 0 Å². The molecule has 0 saturated heterocycles. The highest BCUT2D eigenvalue weighted by Crippen LogP contribution is 2.27. The summed E-state index contributed by atoms with van der Waals surface area (Å²) in [5.41, 5.74) is 1.12. The van der Waals surface area contributed by atoms with Crippen molar-refractivity contribution in [2.75, 3.05) is 5.75 Å². The number of hydrogen-bond acceptors (Lipinski definition) is 4. The van der Waals surface area contributed by atoms with Gasteiger partial charge < -0.3 is 5.32 Å². The largest absolute Gasteiger partial charge is 0.354 e. The van der Waals surface area contributed by atoms with E-state index in [4.69, 9.17) is 28.2 Å². The van der Waals surface area contributed by atoms with Gasteiger partial charge in [0.15, 0.2) is 5.16 Å². The van der Waals surface area contributed by atoms with Gasteiger partial charge in [0.05, 0.1) is 26.6 Å². The fourth-order valence-corrected chi connectivity index (χ4v) is 4.36. The number of thioether (sulfide) groups is 1. The number of nitrogens with zero attached hydrogens (tertiary/aromatic N) is 2. The van der Waals surface area contributed by atoms with Crippen molar-refractivity contribution in [1.82, 2.24) is 14.9 Å². The molecule has 1 aromatic heterocycles. The van der Waals surface area contributed by atoms with E-state index in [0.29, 0.717) is 38.2 Å². The number of rotatable bonds is 9. The van der Waals surface area contributed by atoms with E-state index in [1.165, 1.54) is 11.8 Å². The third-order valence-corrected chi connectivity index (χ3v) is 6.72. The zero-order valence-corrected chi connectivity index (χ0v) is 19.9. The molecule has 0 aliphatic carbocycles. The molecule has 3 aromatic rings. The molecule has 0 bridgehead atoms. The van der Waals surface area contributed by atoms with Crippen molar-refractivity contribution in [3.8, 4) is 5.69 Å². The number of nitrogens with one attached hydrogen (secondary N) is 1. The van der Waals surface area contributed by atoms with Gasteiger partial charge in [-0.05, 0) is 56.5 Å². The highest BCUT2D eigenvalue weighted by Gasteiger charge is 2.14. The van der Waals surface area contributed by atoms with E-state index in [2.05, 4.69) is 5.32 Å². The Morgan fingerprint density at radius 1 is 1.16 bits per heavy atom. The predicted molar refractivity (Wildman–Crippen MR) is 130 cm³/mol. The Bertz CT molecular complexity index is 1130. The summed E-state index contributed by atoms with van der Waals surface area (Å²) >= 11 is 13.7. The summed E-state index contributed by atoms with van der Waals surface area (Å²) in [5.74, 6) is 0.818. The molecule has 0 aliphatic heterocycles. The number of carbonyl (C=O) groups excluding carboxylic acids is 1. The minimum atomic E-state index is -0.153. The number of hydrogen-bond donors (Lipinski definition) is 1. The molecular formula is C23H25Cl2N3O2S. The summed E-state index contributed by atoms with van der Waals surface area (Å²) in [4.78, 5) is 29.9. The van der Waals surface area contributed by atoms with Gasteiger partial charge in [-0.15, -0.1) is 0 Å². The van der Waals surface area contributed by atoms with E-state index in [1.807, 2.05) is 32.0 Å². The Hall–Kier alpha value is -2.02. The van der Waals surface area contributed by atoms with Crippen LogP contribution in [0.25, 0.3) is 16.6 Å². The first-order valence-corrected chi connectivity index (χ1v) is 12.0. The number of para-hydroxylation sites is 1. The summed E-state index contributed by atoms with van der Waals surface area (Å²) in [7, 11) is 0. The summed E-state index contributed by atoms with van der Waals surface area (Å²) in [6.45, 7) is 4.05. The van der Waals surface area contributed by atoms with Gasteiger partial charge in [-0.1, -0.05) is 54.0 Å². The third kappa shape index (κ3) is 6.03. The number of fused-ring (bicyclic) bond motifs is 1. The van der Waals surface area contributed by atoms with E-state index in [1.54, 1.807) is 28.8 Å². The number of aromatic nitrogens is 2. The number of unbranched alkanes of at least 4 members (excludes halogenated alkanes) is 1. The van der Waals surface area contributed by atoms with Gasteiger partial charge in [0, 0.05) is 18.2 Å². The molecule has 2 aromatic carbocycles. The zero-order valence-electron chi connectivity index (χ0n) is 17.5. The maximum absolute atomic E-state index is 13.2. The van der Waals surface area contributed by atoms with E-state index in [9.17, 15) is 9.59 Å². The molecule has 0 fully saturated rings. The lowest BCUT2D eigenvalue weighted by molar-refractivity contribution is -0.121. The molecule has 1 heterocycles. The van der Waals surface area contributed by atoms with Crippen LogP contribution in [0.5, 0.6) is 0 Å². The van der Waals surface area contributed by atoms with Crippen molar-refractivity contribution < 1.29 is 4.79 Å². The first kappa shape index (κ1) is 23.6. The van der Waals surface area contributed by atoms with Crippen LogP contribution in [0.3, 0.4) is 0 Å². The lowest BCUT2D eigenvalue weighted by Crippen LogP contribution is -2.31. The molecule has 164 valence electrons. The van der Waals surface area contributed by atoms with Crippen LogP contribution in [-0.2, 0) is 4.79 Å². The predicted octanol–water partition coefficient (Wildman–Crippen LogP) is 5.87. The molecule has 0 spiro atoms. The van der Waals surface area contributed by atoms with Crippen LogP contribution < -0.4 is 10.9 Å². The number of halogens is 2. The van der Waals surface area contributed by atoms with Crippen LogP contribution in [0.15, 0.2) is 52.4 Å². The van der Waals surface area contributed by atoms with Crippen molar-refractivity contribution in [3.05, 3.63) is 62.9 Å². The molecule has 31 heavy (non-hydrogen) atoms. The Balaban J connectivity index is 1.78. The molecule has 1 N–H and O–H groups in total. The molecule has 0 saturated carbocycles. The minimum absolute atomic E-state index is 0.0795. The first-order valence-electron chi connectivity index (χ1n) is 10.3. The van der Waals surface area contributed by atoms with Crippen LogP contribution in [-0.4, -0.2) is 27.3 Å². The Morgan fingerprint density at radius 2 is 1.94 bits per heavy atom. The molecule has 5 nitrogen and oxygen atoms in total. The average Bonchev–Trinajstić information content (AvgIpc) is 2.75. The number of carbonyl (C=O) groups is 1. The van der Waals surface area contributed by atoms with Crippen molar-refractivity contribution in [2.24, 2.45) is 0 Å². The van der Waals surface area contributed by atoms with E-state index < -0.39 is 0 Å². The van der Waals surface area contributed by atoms with E-state index >= 15 is 0 Å². The maximum Gasteiger partial charge on any atom is 0.266 e. The monoisotopic (exact) mass is 477 g/mol. The average molecular weight is 478 g/mol. The molecule has 0 radical (unpaired) electrons. The van der Waals surface area contributed by atoms with Crippen LogP contribution in [0, 0.1) is 0 Å². The van der Waals surface area contributed by atoms with Gasteiger partial charge in [-0.3, -0.25) is 14.2 Å².